The second kappa shape index (κ2) is 24.7. The fourth-order valence-electron chi connectivity index (χ4n) is 5.76. The number of hydrogen-bond donors (Lipinski definition) is 3. The van der Waals surface area contributed by atoms with Crippen LogP contribution in [0.15, 0.2) is 42.5 Å². The Labute approximate surface area is 326 Å². The van der Waals surface area contributed by atoms with Crippen molar-refractivity contribution in [3.63, 3.8) is 0 Å². The van der Waals surface area contributed by atoms with Gasteiger partial charge in [0.25, 0.3) is 11.8 Å². The number of rotatable bonds is 28. The van der Waals surface area contributed by atoms with Crippen LogP contribution in [0.5, 0.6) is 5.75 Å². The van der Waals surface area contributed by atoms with Gasteiger partial charge in [-0.2, -0.15) is 0 Å². The highest BCUT2D eigenvalue weighted by molar-refractivity contribution is 6.26. The molecule has 4 rings (SSSR count). The van der Waals surface area contributed by atoms with E-state index in [0.717, 1.165) is 17.7 Å². The molecule has 1 saturated heterocycles. The molecule has 0 spiro atoms. The zero-order chi connectivity index (χ0) is 40.0. The second-order valence-corrected chi connectivity index (χ2v) is 12.8. The highest BCUT2D eigenvalue weighted by Crippen LogP contribution is 2.32. The Morgan fingerprint density at radius 2 is 1.25 bits per heavy atom. The van der Waals surface area contributed by atoms with Crippen LogP contribution in [0.25, 0.3) is 0 Å². The van der Waals surface area contributed by atoms with Gasteiger partial charge in [-0.1, -0.05) is 12.5 Å². The lowest BCUT2D eigenvalue weighted by atomic mass is 10.0. The summed E-state index contributed by atoms with van der Waals surface area (Å²) in [6.07, 6.45) is 2.43. The van der Waals surface area contributed by atoms with Crippen molar-refractivity contribution in [3.05, 3.63) is 53.6 Å². The number of anilines is 2. The first kappa shape index (κ1) is 43.9. The summed E-state index contributed by atoms with van der Waals surface area (Å²) in [5, 5.41) is 7.60. The molecule has 0 aromatic heterocycles. The van der Waals surface area contributed by atoms with Gasteiger partial charge < -0.3 is 43.8 Å². The van der Waals surface area contributed by atoms with Crippen LogP contribution < -0.4 is 20.7 Å². The van der Waals surface area contributed by atoms with E-state index < -0.39 is 29.7 Å². The normalized spacial score (nSPS) is 15.2. The highest BCUT2D eigenvalue weighted by Gasteiger charge is 2.45. The number of carbonyl (C=O) groups is 6. The maximum Gasteiger partial charge on any atom is 0.264 e. The van der Waals surface area contributed by atoms with Crippen molar-refractivity contribution in [3.8, 4) is 5.75 Å². The van der Waals surface area contributed by atoms with Gasteiger partial charge in [0, 0.05) is 32.1 Å². The molecule has 17 heteroatoms. The third-order valence-electron chi connectivity index (χ3n) is 8.47. The Morgan fingerprint density at radius 3 is 1.82 bits per heavy atom. The molecule has 1 fully saturated rings. The number of carbonyl (C=O) groups excluding carboxylic acids is 6. The van der Waals surface area contributed by atoms with Crippen molar-refractivity contribution in [2.24, 2.45) is 0 Å². The number of piperidine rings is 1. The number of fused-ring (bicyclic) bond motifs is 1. The molecule has 56 heavy (non-hydrogen) atoms. The average Bonchev–Trinajstić information content (AvgIpc) is 3.43. The van der Waals surface area contributed by atoms with Gasteiger partial charge in [-0.3, -0.25) is 39.0 Å². The standard InChI is InChI=1S/C39H52N4O13/c1-28(44)40-29-9-11-30(12-10-29)56-27-26-55-25-24-54-23-22-53-21-20-52-19-18-51-17-16-50-15-4-2-3-8-34(45)41-32-7-5-6-31-36(32)39(49)43(38(31)48)33-13-14-35(46)42-37(33)47/h5-7,9-12,33H,2-4,8,13-27H2,1H3,(H,40,44)(H,41,45)(H,42,46,47). The zero-order valence-corrected chi connectivity index (χ0v) is 31.8. The minimum absolute atomic E-state index is 0.0266. The van der Waals surface area contributed by atoms with Crippen molar-refractivity contribution in [2.45, 2.75) is 51.5 Å². The largest absolute Gasteiger partial charge is 0.491 e. The lowest BCUT2D eigenvalue weighted by Gasteiger charge is -2.27. The van der Waals surface area contributed by atoms with Crippen LogP contribution in [-0.2, 0) is 47.6 Å². The quantitative estimate of drug-likeness (QED) is 0.0840. The van der Waals surface area contributed by atoms with Gasteiger partial charge in [0.2, 0.25) is 23.6 Å². The SMILES string of the molecule is CC(=O)Nc1ccc(OCCOCCOCCOCCOCCOCCOCCCCCC(=O)Nc2cccc3c2C(=O)N(C2CCC(=O)NC2=O)C3=O)cc1. The molecule has 2 heterocycles. The first-order chi connectivity index (χ1) is 27.2. The number of hydrogen-bond acceptors (Lipinski definition) is 13. The zero-order valence-electron chi connectivity index (χ0n) is 31.8. The van der Waals surface area contributed by atoms with Crippen LogP contribution in [-0.4, -0.2) is 132 Å². The summed E-state index contributed by atoms with van der Waals surface area (Å²) in [4.78, 5) is 74.6. The van der Waals surface area contributed by atoms with Crippen LogP contribution >= 0.6 is 0 Å². The number of imide groups is 2. The van der Waals surface area contributed by atoms with E-state index in [1.807, 2.05) is 0 Å². The van der Waals surface area contributed by atoms with Gasteiger partial charge in [-0.15, -0.1) is 0 Å². The number of nitrogens with zero attached hydrogens (tertiary/aromatic N) is 1. The Hall–Kier alpha value is -4.78. The third kappa shape index (κ3) is 15.0. The number of ether oxygens (including phenoxy) is 7. The molecule has 3 N–H and O–H groups in total. The van der Waals surface area contributed by atoms with Gasteiger partial charge in [0.15, 0.2) is 0 Å². The first-order valence-corrected chi connectivity index (χ1v) is 18.9. The van der Waals surface area contributed by atoms with Crippen LogP contribution in [0.1, 0.15) is 66.2 Å². The van der Waals surface area contributed by atoms with E-state index in [-0.39, 0.29) is 47.9 Å². The molecule has 2 aliphatic heterocycles. The summed E-state index contributed by atoms with van der Waals surface area (Å²) in [6.45, 7) is 7.32. The topological polar surface area (TPSA) is 206 Å². The summed E-state index contributed by atoms with van der Waals surface area (Å²) in [5.74, 6) is -2.15. The van der Waals surface area contributed by atoms with E-state index in [2.05, 4.69) is 16.0 Å². The molecule has 0 saturated carbocycles. The van der Waals surface area contributed by atoms with Gasteiger partial charge in [-0.05, 0) is 55.7 Å². The van der Waals surface area contributed by atoms with Gasteiger partial charge in [-0.25, -0.2) is 0 Å². The van der Waals surface area contributed by atoms with E-state index >= 15 is 0 Å². The molecule has 0 aliphatic carbocycles. The molecule has 2 aromatic carbocycles. The van der Waals surface area contributed by atoms with Crippen LogP contribution in [0.3, 0.4) is 0 Å². The smallest absolute Gasteiger partial charge is 0.264 e. The number of amides is 6. The van der Waals surface area contributed by atoms with Crippen LogP contribution in [0, 0.1) is 0 Å². The molecule has 2 aromatic rings. The minimum atomic E-state index is -1.08. The summed E-state index contributed by atoms with van der Waals surface area (Å²) in [5.41, 5.74) is 1.09. The fraction of sp³-hybridized carbons (Fsp3) is 0.538. The van der Waals surface area contributed by atoms with E-state index in [0.29, 0.717) is 104 Å². The third-order valence-corrected chi connectivity index (χ3v) is 8.47. The Morgan fingerprint density at radius 1 is 0.679 bits per heavy atom. The summed E-state index contributed by atoms with van der Waals surface area (Å²) < 4.78 is 38.7. The van der Waals surface area contributed by atoms with Crippen molar-refractivity contribution >= 4 is 46.8 Å². The summed E-state index contributed by atoms with van der Waals surface area (Å²) in [7, 11) is 0. The lowest BCUT2D eigenvalue weighted by molar-refractivity contribution is -0.136. The first-order valence-electron chi connectivity index (χ1n) is 18.9. The molecular formula is C39H52N4O13. The Balaban J connectivity index is 0.886. The Kier molecular flexibility index (Phi) is 19.4. The molecule has 306 valence electrons. The van der Waals surface area contributed by atoms with Crippen LogP contribution in [0.4, 0.5) is 11.4 Å². The molecule has 0 bridgehead atoms. The fourth-order valence-corrected chi connectivity index (χ4v) is 5.76. The molecule has 0 radical (unpaired) electrons. The summed E-state index contributed by atoms with van der Waals surface area (Å²) >= 11 is 0. The van der Waals surface area contributed by atoms with E-state index in [1.54, 1.807) is 36.4 Å². The monoisotopic (exact) mass is 784 g/mol. The molecule has 1 unspecified atom stereocenters. The molecule has 2 aliphatic rings. The van der Waals surface area contributed by atoms with E-state index in [9.17, 15) is 28.8 Å². The Bertz CT molecular complexity index is 1600. The summed E-state index contributed by atoms with van der Waals surface area (Å²) in [6, 6.07) is 10.6. The van der Waals surface area contributed by atoms with Crippen molar-refractivity contribution < 1.29 is 61.9 Å². The van der Waals surface area contributed by atoms with Crippen LogP contribution in [0.2, 0.25) is 0 Å². The van der Waals surface area contributed by atoms with E-state index in [1.165, 1.54) is 13.0 Å². The maximum atomic E-state index is 13.2. The second-order valence-electron chi connectivity index (χ2n) is 12.8. The van der Waals surface area contributed by atoms with Crippen molar-refractivity contribution in [1.82, 2.24) is 10.2 Å². The predicted molar refractivity (Wildman–Crippen MR) is 201 cm³/mol. The predicted octanol–water partition coefficient (Wildman–Crippen LogP) is 2.72. The molecule has 6 amide bonds. The molecule has 17 nitrogen and oxygen atoms in total. The van der Waals surface area contributed by atoms with Crippen molar-refractivity contribution in [2.75, 3.05) is 96.5 Å². The van der Waals surface area contributed by atoms with Gasteiger partial charge >= 0.3 is 0 Å². The average molecular weight is 785 g/mol. The minimum Gasteiger partial charge on any atom is -0.491 e. The molecular weight excluding hydrogens is 732 g/mol. The van der Waals surface area contributed by atoms with Gasteiger partial charge in [0.05, 0.1) is 89.5 Å². The highest BCUT2D eigenvalue weighted by atomic mass is 16.6. The molecule has 1 atom stereocenters. The number of benzene rings is 2. The lowest BCUT2D eigenvalue weighted by Crippen LogP contribution is -2.54. The number of nitrogens with one attached hydrogen (secondary N) is 3. The van der Waals surface area contributed by atoms with E-state index in [4.69, 9.17) is 33.2 Å². The van der Waals surface area contributed by atoms with Crippen molar-refractivity contribution in [1.29, 1.82) is 0 Å². The number of unbranched alkanes of at least 4 members (excludes halogenated alkanes) is 2. The van der Waals surface area contributed by atoms with Gasteiger partial charge in [0.1, 0.15) is 18.4 Å². The maximum absolute atomic E-state index is 13.2.